The van der Waals surface area contributed by atoms with Crippen LogP contribution in [0.3, 0.4) is 0 Å². The number of rotatable bonds is 1. The molecule has 0 aromatic carbocycles. The molecule has 1 aromatic rings. The lowest BCUT2D eigenvalue weighted by molar-refractivity contribution is 1.27. The fraction of sp³-hybridized carbons (Fsp3) is 0.167. The molecule has 0 atom stereocenters. The molecule has 0 aliphatic carbocycles. The normalized spacial score (nSPS) is 9.50. The lowest BCUT2D eigenvalue weighted by Gasteiger charge is -2.00. The van der Waals surface area contributed by atoms with E-state index in [-0.39, 0.29) is 0 Å². The van der Waals surface area contributed by atoms with Crippen LogP contribution in [0.1, 0.15) is 0 Å². The Morgan fingerprint density at radius 1 is 1.70 bits per heavy atom. The number of hydrogen-bond donors (Lipinski definition) is 1. The molecular weight excluding hydrogens is 262 g/mol. The molecule has 0 unspecified atom stereocenters. The minimum Gasteiger partial charge on any atom is -0.372 e. The number of nitrogens with one attached hydrogen (secondary N) is 1. The number of anilines is 1. The molecular formula is C6H6ClIN2. The lowest BCUT2D eigenvalue weighted by atomic mass is 10.5. The third kappa shape index (κ3) is 1.73. The second kappa shape index (κ2) is 3.39. The van der Waals surface area contributed by atoms with Crippen LogP contribution in [0.4, 0.5) is 5.82 Å². The minimum atomic E-state index is 0.670. The maximum atomic E-state index is 5.68. The molecule has 1 aromatic heterocycles. The Morgan fingerprint density at radius 3 is 2.90 bits per heavy atom. The Balaban J connectivity index is 3.07. The quantitative estimate of drug-likeness (QED) is 0.791. The molecule has 0 fully saturated rings. The summed E-state index contributed by atoms with van der Waals surface area (Å²) in [6.45, 7) is 0. The summed E-state index contributed by atoms with van der Waals surface area (Å²) in [5, 5.41) is 3.62. The van der Waals surface area contributed by atoms with E-state index in [4.69, 9.17) is 11.6 Å². The van der Waals surface area contributed by atoms with Crippen molar-refractivity contribution in [3.8, 4) is 0 Å². The Labute approximate surface area is 78.1 Å². The summed E-state index contributed by atoms with van der Waals surface area (Å²) < 4.78 is 1.03. The van der Waals surface area contributed by atoms with Gasteiger partial charge in [0, 0.05) is 13.2 Å². The van der Waals surface area contributed by atoms with Crippen molar-refractivity contribution in [3.63, 3.8) is 0 Å². The standard InChI is InChI=1S/C6H6ClIN2/c1-9-6-5(8)2-4(7)3-10-6/h2-3H,1H3,(H,9,10). The maximum Gasteiger partial charge on any atom is 0.139 e. The predicted octanol–water partition coefficient (Wildman–Crippen LogP) is 2.38. The molecule has 0 amide bonds. The second-order valence-corrected chi connectivity index (χ2v) is 3.33. The summed E-state index contributed by atoms with van der Waals surface area (Å²) in [5.74, 6) is 0.866. The van der Waals surface area contributed by atoms with Crippen molar-refractivity contribution in [2.75, 3.05) is 12.4 Å². The average Bonchev–Trinajstić information content (AvgIpc) is 1.88. The molecule has 0 aliphatic rings. The monoisotopic (exact) mass is 268 g/mol. The molecule has 0 radical (unpaired) electrons. The van der Waals surface area contributed by atoms with Crippen molar-refractivity contribution in [2.45, 2.75) is 0 Å². The number of halogens is 2. The van der Waals surface area contributed by atoms with Crippen molar-refractivity contribution in [3.05, 3.63) is 20.9 Å². The zero-order chi connectivity index (χ0) is 7.56. The first-order valence-corrected chi connectivity index (χ1v) is 4.18. The third-order valence-electron chi connectivity index (χ3n) is 1.04. The van der Waals surface area contributed by atoms with E-state index in [1.54, 1.807) is 6.20 Å². The van der Waals surface area contributed by atoms with Crippen LogP contribution in [0.25, 0.3) is 0 Å². The fourth-order valence-electron chi connectivity index (χ4n) is 0.599. The average molecular weight is 268 g/mol. The van der Waals surface area contributed by atoms with E-state index < -0.39 is 0 Å². The van der Waals surface area contributed by atoms with Crippen LogP contribution < -0.4 is 5.32 Å². The molecule has 0 aliphatic heterocycles. The Hall–Kier alpha value is -0.0300. The molecule has 10 heavy (non-hydrogen) atoms. The summed E-state index contributed by atoms with van der Waals surface area (Å²) in [6, 6.07) is 1.86. The van der Waals surface area contributed by atoms with Crippen LogP contribution in [0.15, 0.2) is 12.3 Å². The summed E-state index contributed by atoms with van der Waals surface area (Å²) in [7, 11) is 1.83. The van der Waals surface area contributed by atoms with Crippen molar-refractivity contribution < 1.29 is 0 Å². The van der Waals surface area contributed by atoms with E-state index in [9.17, 15) is 0 Å². The molecule has 4 heteroatoms. The van der Waals surface area contributed by atoms with Gasteiger partial charge in [-0.2, -0.15) is 0 Å². The summed E-state index contributed by atoms with van der Waals surface area (Å²) in [6.07, 6.45) is 1.62. The SMILES string of the molecule is CNc1ncc(Cl)cc1I. The Kier molecular flexibility index (Phi) is 2.73. The Bertz CT molecular complexity index is 239. The topological polar surface area (TPSA) is 24.9 Å². The fourth-order valence-corrected chi connectivity index (χ4v) is 1.68. The molecule has 0 bridgehead atoms. The number of hydrogen-bond acceptors (Lipinski definition) is 2. The van der Waals surface area contributed by atoms with E-state index in [1.807, 2.05) is 13.1 Å². The maximum absolute atomic E-state index is 5.68. The molecule has 0 saturated heterocycles. The third-order valence-corrected chi connectivity index (χ3v) is 2.07. The van der Waals surface area contributed by atoms with Gasteiger partial charge in [-0.15, -0.1) is 0 Å². The predicted molar refractivity (Wildman–Crippen MR) is 51.5 cm³/mol. The highest BCUT2D eigenvalue weighted by Gasteiger charge is 1.97. The van der Waals surface area contributed by atoms with Crippen LogP contribution >= 0.6 is 34.2 Å². The van der Waals surface area contributed by atoms with Crippen LogP contribution in [0.5, 0.6) is 0 Å². The van der Waals surface area contributed by atoms with E-state index in [0.29, 0.717) is 5.02 Å². The van der Waals surface area contributed by atoms with E-state index >= 15 is 0 Å². The van der Waals surface area contributed by atoms with Gasteiger partial charge in [0.2, 0.25) is 0 Å². The van der Waals surface area contributed by atoms with Crippen LogP contribution in [0.2, 0.25) is 5.02 Å². The van der Waals surface area contributed by atoms with E-state index in [1.165, 1.54) is 0 Å². The van der Waals surface area contributed by atoms with Gasteiger partial charge in [-0.05, 0) is 28.7 Å². The zero-order valence-corrected chi connectivity index (χ0v) is 8.27. The Morgan fingerprint density at radius 2 is 2.40 bits per heavy atom. The molecule has 2 nitrogen and oxygen atoms in total. The van der Waals surface area contributed by atoms with Crippen LogP contribution in [-0.2, 0) is 0 Å². The summed E-state index contributed by atoms with van der Waals surface area (Å²) >= 11 is 7.86. The minimum absolute atomic E-state index is 0.670. The van der Waals surface area contributed by atoms with Gasteiger partial charge in [0.25, 0.3) is 0 Å². The zero-order valence-electron chi connectivity index (χ0n) is 5.36. The first-order valence-electron chi connectivity index (χ1n) is 2.73. The van der Waals surface area contributed by atoms with Gasteiger partial charge in [0.15, 0.2) is 0 Å². The second-order valence-electron chi connectivity index (χ2n) is 1.73. The highest BCUT2D eigenvalue weighted by atomic mass is 127. The van der Waals surface area contributed by atoms with Gasteiger partial charge < -0.3 is 5.32 Å². The smallest absolute Gasteiger partial charge is 0.139 e. The van der Waals surface area contributed by atoms with Crippen molar-refractivity contribution >= 4 is 40.0 Å². The van der Waals surface area contributed by atoms with Gasteiger partial charge in [0.1, 0.15) is 5.82 Å². The van der Waals surface area contributed by atoms with Gasteiger partial charge in [-0.1, -0.05) is 11.6 Å². The highest BCUT2D eigenvalue weighted by Crippen LogP contribution is 2.18. The lowest BCUT2D eigenvalue weighted by Crippen LogP contribution is -1.93. The first-order chi connectivity index (χ1) is 4.74. The molecule has 0 spiro atoms. The first kappa shape index (κ1) is 8.07. The van der Waals surface area contributed by atoms with Crippen molar-refractivity contribution in [1.82, 2.24) is 4.98 Å². The number of aromatic nitrogens is 1. The molecule has 1 N–H and O–H groups in total. The molecule has 0 saturated carbocycles. The number of pyridine rings is 1. The molecule has 54 valence electrons. The van der Waals surface area contributed by atoms with E-state index in [0.717, 1.165) is 9.39 Å². The van der Waals surface area contributed by atoms with Crippen LogP contribution in [0, 0.1) is 3.57 Å². The van der Waals surface area contributed by atoms with E-state index in [2.05, 4.69) is 32.9 Å². The van der Waals surface area contributed by atoms with Crippen molar-refractivity contribution in [1.29, 1.82) is 0 Å². The van der Waals surface area contributed by atoms with Gasteiger partial charge >= 0.3 is 0 Å². The van der Waals surface area contributed by atoms with Gasteiger partial charge in [-0.3, -0.25) is 0 Å². The van der Waals surface area contributed by atoms with Gasteiger partial charge in [-0.25, -0.2) is 4.98 Å². The summed E-state index contributed by atoms with van der Waals surface area (Å²) in [4.78, 5) is 4.05. The number of nitrogens with zero attached hydrogens (tertiary/aromatic N) is 1. The highest BCUT2D eigenvalue weighted by molar-refractivity contribution is 14.1. The molecule has 1 rings (SSSR count). The molecule has 1 heterocycles. The largest absolute Gasteiger partial charge is 0.372 e. The van der Waals surface area contributed by atoms with Gasteiger partial charge in [0.05, 0.1) is 8.59 Å². The van der Waals surface area contributed by atoms with Crippen LogP contribution in [-0.4, -0.2) is 12.0 Å². The summed E-state index contributed by atoms with van der Waals surface area (Å²) in [5.41, 5.74) is 0. The van der Waals surface area contributed by atoms with Crippen molar-refractivity contribution in [2.24, 2.45) is 0 Å².